The number of hydrogen-bond acceptors (Lipinski definition) is 3. The van der Waals surface area contributed by atoms with Gasteiger partial charge in [-0.2, -0.15) is 0 Å². The van der Waals surface area contributed by atoms with E-state index in [0.717, 1.165) is 5.56 Å². The maximum absolute atomic E-state index is 12.7. The molecular weight excluding hydrogens is 263 g/mol. The van der Waals surface area contributed by atoms with Crippen LogP contribution in [0.25, 0.3) is 0 Å². The molecule has 108 valence electrons. The minimum Gasteiger partial charge on any atom is -0.392 e. The van der Waals surface area contributed by atoms with E-state index in [1.54, 1.807) is 12.1 Å². The highest BCUT2D eigenvalue weighted by Gasteiger charge is 2.36. The molecule has 0 aromatic heterocycles. The molecule has 1 aromatic rings. The Morgan fingerprint density at radius 2 is 2.10 bits per heavy atom. The van der Waals surface area contributed by atoms with E-state index in [1.165, 1.54) is 12.1 Å². The molecule has 0 bridgehead atoms. The normalized spacial score (nSPS) is 22.2. The molecule has 6 heteroatoms. The number of halogens is 1. The summed E-state index contributed by atoms with van der Waals surface area (Å²) in [5.74, 6) is -2.27. The molecule has 3 N–H and O–H groups in total. The van der Waals surface area contributed by atoms with Gasteiger partial charge in [-0.1, -0.05) is 12.1 Å². The van der Waals surface area contributed by atoms with Crippen LogP contribution in [0.15, 0.2) is 24.3 Å². The lowest BCUT2D eigenvalue weighted by Gasteiger charge is -2.26. The molecule has 0 radical (unpaired) electrons. The van der Waals surface area contributed by atoms with Crippen LogP contribution in [-0.2, 0) is 16.0 Å². The predicted octanol–water partition coefficient (Wildman–Crippen LogP) is -0.0186. The van der Waals surface area contributed by atoms with Gasteiger partial charge in [0.15, 0.2) is 0 Å². The van der Waals surface area contributed by atoms with Crippen molar-refractivity contribution in [1.82, 2.24) is 10.6 Å². The fourth-order valence-electron chi connectivity index (χ4n) is 2.18. The Bertz CT molecular complexity index is 490. The molecule has 2 amide bonds. The molecule has 1 aromatic carbocycles. The van der Waals surface area contributed by atoms with E-state index >= 15 is 0 Å². The van der Waals surface area contributed by atoms with Gasteiger partial charge in [0.1, 0.15) is 11.7 Å². The third-order valence-electron chi connectivity index (χ3n) is 3.32. The van der Waals surface area contributed by atoms with Gasteiger partial charge in [0.2, 0.25) is 11.8 Å². The van der Waals surface area contributed by atoms with Crippen molar-refractivity contribution in [2.75, 3.05) is 13.1 Å². The van der Waals surface area contributed by atoms with Gasteiger partial charge in [-0.25, -0.2) is 4.39 Å². The van der Waals surface area contributed by atoms with Gasteiger partial charge in [-0.15, -0.1) is 0 Å². The molecule has 0 spiro atoms. The van der Waals surface area contributed by atoms with E-state index in [9.17, 15) is 19.1 Å². The molecule has 1 saturated heterocycles. The van der Waals surface area contributed by atoms with Crippen molar-refractivity contribution in [2.45, 2.75) is 18.9 Å². The van der Waals surface area contributed by atoms with Gasteiger partial charge < -0.3 is 15.7 Å². The van der Waals surface area contributed by atoms with Gasteiger partial charge in [0, 0.05) is 13.1 Å². The van der Waals surface area contributed by atoms with Crippen molar-refractivity contribution in [2.24, 2.45) is 5.92 Å². The van der Waals surface area contributed by atoms with Gasteiger partial charge in [-0.05, 0) is 30.5 Å². The zero-order valence-electron chi connectivity index (χ0n) is 10.9. The Morgan fingerprint density at radius 1 is 1.40 bits per heavy atom. The molecule has 5 nitrogen and oxygen atoms in total. The number of aliphatic hydroxyl groups excluding tert-OH is 1. The number of aliphatic hydroxyl groups is 1. The van der Waals surface area contributed by atoms with Crippen LogP contribution in [0.1, 0.15) is 12.0 Å². The lowest BCUT2D eigenvalue weighted by Crippen LogP contribution is -2.52. The summed E-state index contributed by atoms with van der Waals surface area (Å²) in [6.45, 7) is 0.723. The molecule has 1 aliphatic rings. The number of carbonyl (C=O) groups is 2. The number of hydrogen-bond donors (Lipinski definition) is 3. The summed E-state index contributed by atoms with van der Waals surface area (Å²) in [4.78, 5) is 23.4. The largest absolute Gasteiger partial charge is 0.392 e. The highest BCUT2D eigenvalue weighted by atomic mass is 19.1. The van der Waals surface area contributed by atoms with E-state index in [4.69, 9.17) is 0 Å². The summed E-state index contributed by atoms with van der Waals surface area (Å²) < 4.78 is 12.7. The minimum atomic E-state index is -1.04. The summed E-state index contributed by atoms with van der Waals surface area (Å²) in [7, 11) is 0. The third kappa shape index (κ3) is 3.54. The summed E-state index contributed by atoms with van der Waals surface area (Å²) in [6, 6.07) is 6.00. The standard InChI is InChI=1S/C14H17FN2O3/c15-10-3-1-9(2-4-10)5-7-16-13(19)12-11(18)6-8-17-14(12)20/h1-4,11-12,18H,5-8H2,(H,16,19)(H,17,20). The van der Waals surface area contributed by atoms with Crippen LogP contribution in [0.2, 0.25) is 0 Å². The third-order valence-corrected chi connectivity index (χ3v) is 3.32. The SMILES string of the molecule is O=C(NCCc1ccc(F)cc1)C1C(=O)NCCC1O. The van der Waals surface area contributed by atoms with E-state index in [1.807, 2.05) is 0 Å². The molecular formula is C14H17FN2O3. The van der Waals surface area contributed by atoms with Crippen LogP contribution in [0.5, 0.6) is 0 Å². The molecule has 0 saturated carbocycles. The second kappa shape index (κ2) is 6.47. The topological polar surface area (TPSA) is 78.4 Å². The Labute approximate surface area is 116 Å². The molecule has 20 heavy (non-hydrogen) atoms. The van der Waals surface area contributed by atoms with Crippen molar-refractivity contribution >= 4 is 11.8 Å². The lowest BCUT2D eigenvalue weighted by atomic mass is 9.94. The average molecular weight is 280 g/mol. The van der Waals surface area contributed by atoms with E-state index < -0.39 is 23.8 Å². The molecule has 1 aliphatic heterocycles. The first-order valence-electron chi connectivity index (χ1n) is 6.56. The van der Waals surface area contributed by atoms with Crippen LogP contribution < -0.4 is 10.6 Å². The number of rotatable bonds is 4. The fraction of sp³-hybridized carbons (Fsp3) is 0.429. The molecule has 0 aliphatic carbocycles. The van der Waals surface area contributed by atoms with E-state index in [2.05, 4.69) is 10.6 Å². The summed E-state index contributed by atoms with van der Waals surface area (Å²) in [5.41, 5.74) is 0.889. The number of benzene rings is 1. The van der Waals surface area contributed by atoms with Crippen LogP contribution in [0.4, 0.5) is 4.39 Å². The first kappa shape index (κ1) is 14.5. The highest BCUT2D eigenvalue weighted by Crippen LogP contribution is 2.12. The minimum absolute atomic E-state index is 0.306. The van der Waals surface area contributed by atoms with Crippen LogP contribution in [0, 0.1) is 11.7 Å². The summed E-state index contributed by atoms with van der Waals surface area (Å²) >= 11 is 0. The number of amides is 2. The highest BCUT2D eigenvalue weighted by molar-refractivity contribution is 6.01. The second-order valence-electron chi connectivity index (χ2n) is 4.79. The Kier molecular flexibility index (Phi) is 4.68. The summed E-state index contributed by atoms with van der Waals surface area (Å²) in [6.07, 6.45) is -0.0207. The quantitative estimate of drug-likeness (QED) is 0.678. The fourth-order valence-corrected chi connectivity index (χ4v) is 2.18. The molecule has 1 fully saturated rings. The van der Waals surface area contributed by atoms with Crippen LogP contribution in [-0.4, -0.2) is 36.1 Å². The molecule has 2 unspecified atom stereocenters. The number of carbonyl (C=O) groups excluding carboxylic acids is 2. The van der Waals surface area contributed by atoms with Crippen molar-refractivity contribution in [3.8, 4) is 0 Å². The molecule has 2 atom stereocenters. The van der Waals surface area contributed by atoms with Gasteiger partial charge in [0.25, 0.3) is 0 Å². The maximum atomic E-state index is 12.7. The van der Waals surface area contributed by atoms with Crippen molar-refractivity contribution in [3.05, 3.63) is 35.6 Å². The predicted molar refractivity (Wildman–Crippen MR) is 70.2 cm³/mol. The summed E-state index contributed by atoms with van der Waals surface area (Å²) in [5, 5.41) is 14.9. The lowest BCUT2D eigenvalue weighted by molar-refractivity contribution is -0.142. The second-order valence-corrected chi connectivity index (χ2v) is 4.79. The monoisotopic (exact) mass is 280 g/mol. The zero-order valence-corrected chi connectivity index (χ0v) is 10.9. The molecule has 1 heterocycles. The van der Waals surface area contributed by atoms with Gasteiger partial charge in [0.05, 0.1) is 6.10 Å². The Hall–Kier alpha value is -1.95. The average Bonchev–Trinajstić information content (AvgIpc) is 2.41. The zero-order chi connectivity index (χ0) is 14.5. The number of piperidine rings is 1. The van der Waals surface area contributed by atoms with E-state index in [0.29, 0.717) is 25.9 Å². The van der Waals surface area contributed by atoms with Gasteiger partial charge >= 0.3 is 0 Å². The first-order valence-corrected chi connectivity index (χ1v) is 6.56. The van der Waals surface area contributed by atoms with Crippen molar-refractivity contribution < 1.29 is 19.1 Å². The van der Waals surface area contributed by atoms with Crippen molar-refractivity contribution in [1.29, 1.82) is 0 Å². The molecule has 2 rings (SSSR count). The van der Waals surface area contributed by atoms with Crippen LogP contribution in [0.3, 0.4) is 0 Å². The van der Waals surface area contributed by atoms with Crippen LogP contribution >= 0.6 is 0 Å². The Balaban J connectivity index is 1.82. The van der Waals surface area contributed by atoms with Gasteiger partial charge in [-0.3, -0.25) is 9.59 Å². The maximum Gasteiger partial charge on any atom is 0.235 e. The first-order chi connectivity index (χ1) is 9.58. The van der Waals surface area contributed by atoms with E-state index in [-0.39, 0.29) is 5.82 Å². The van der Waals surface area contributed by atoms with Crippen molar-refractivity contribution in [3.63, 3.8) is 0 Å². The number of nitrogens with one attached hydrogen (secondary N) is 2. The Morgan fingerprint density at radius 3 is 2.75 bits per heavy atom. The smallest absolute Gasteiger partial charge is 0.235 e.